The third kappa shape index (κ3) is 5.75. The van der Waals surface area contributed by atoms with E-state index in [2.05, 4.69) is 12.1 Å². The molecule has 0 saturated carbocycles. The number of rotatable bonds is 6. The van der Waals surface area contributed by atoms with Crippen LogP contribution in [0.5, 0.6) is 0 Å². The Hall–Kier alpha value is -4.32. The summed E-state index contributed by atoms with van der Waals surface area (Å²) in [6.45, 7) is 1.41. The van der Waals surface area contributed by atoms with E-state index in [1.807, 2.05) is 29.2 Å². The molecule has 0 N–H and O–H groups in total. The summed E-state index contributed by atoms with van der Waals surface area (Å²) in [4.78, 5) is 29.7. The smallest absolute Gasteiger partial charge is 0.258 e. The van der Waals surface area contributed by atoms with Crippen molar-refractivity contribution in [1.29, 1.82) is 0 Å². The first-order valence-electron chi connectivity index (χ1n) is 12.2. The highest BCUT2D eigenvalue weighted by Gasteiger charge is 2.22. The second kappa shape index (κ2) is 10.7. The lowest BCUT2D eigenvalue weighted by molar-refractivity contribution is -0.131. The molecule has 0 atom stereocenters. The molecule has 37 heavy (non-hydrogen) atoms. The Morgan fingerprint density at radius 2 is 1.46 bits per heavy atom. The van der Waals surface area contributed by atoms with Gasteiger partial charge in [-0.2, -0.15) is 0 Å². The third-order valence-corrected chi connectivity index (χ3v) is 6.63. The third-order valence-electron chi connectivity index (χ3n) is 6.63. The molecule has 0 aliphatic carbocycles. The zero-order valence-corrected chi connectivity index (χ0v) is 20.2. The summed E-state index contributed by atoms with van der Waals surface area (Å²) in [6.07, 6.45) is 1.10. The molecule has 5 rings (SSSR count). The van der Waals surface area contributed by atoms with Crippen LogP contribution in [0.1, 0.15) is 32.6 Å². The van der Waals surface area contributed by atoms with Gasteiger partial charge in [0.2, 0.25) is 5.91 Å². The normalized spacial score (nSPS) is 12.6. The lowest BCUT2D eigenvalue weighted by Gasteiger charge is -2.29. The Morgan fingerprint density at radius 3 is 2.19 bits per heavy atom. The van der Waals surface area contributed by atoms with E-state index in [4.69, 9.17) is 0 Å². The van der Waals surface area contributed by atoms with Crippen LogP contribution in [0.4, 0.5) is 14.5 Å². The van der Waals surface area contributed by atoms with Crippen molar-refractivity contribution < 1.29 is 18.4 Å². The van der Waals surface area contributed by atoms with Gasteiger partial charge in [-0.25, -0.2) is 8.78 Å². The Balaban J connectivity index is 1.34. The first kappa shape index (κ1) is 24.4. The Labute approximate surface area is 214 Å². The minimum Gasteiger partial charge on any atom is -0.338 e. The molecule has 186 valence electrons. The monoisotopic (exact) mass is 496 g/mol. The molecule has 0 radical (unpaired) electrons. The van der Waals surface area contributed by atoms with Crippen molar-refractivity contribution in [3.63, 3.8) is 0 Å². The largest absolute Gasteiger partial charge is 0.338 e. The summed E-state index contributed by atoms with van der Waals surface area (Å²) in [5.41, 5.74) is 4.67. The molecule has 1 aliphatic heterocycles. The molecular formula is C31H26F2N2O2. The zero-order valence-electron chi connectivity index (χ0n) is 20.2. The van der Waals surface area contributed by atoms with Crippen LogP contribution in [0.3, 0.4) is 0 Å². The van der Waals surface area contributed by atoms with Gasteiger partial charge in [-0.1, -0.05) is 54.6 Å². The number of nitrogens with zero attached hydrogens (tertiary/aromatic N) is 2. The predicted octanol–water partition coefficient (Wildman–Crippen LogP) is 5.94. The number of hydrogen-bond donors (Lipinski definition) is 0. The van der Waals surface area contributed by atoms with Gasteiger partial charge in [0, 0.05) is 24.3 Å². The molecule has 0 spiro atoms. The first-order valence-corrected chi connectivity index (χ1v) is 12.2. The van der Waals surface area contributed by atoms with Crippen LogP contribution in [-0.2, 0) is 30.7 Å². The van der Waals surface area contributed by atoms with Crippen molar-refractivity contribution in [3.05, 3.63) is 137 Å². The Kier molecular flexibility index (Phi) is 7.08. The fourth-order valence-corrected chi connectivity index (χ4v) is 4.66. The zero-order chi connectivity index (χ0) is 25.8. The molecule has 0 saturated heterocycles. The number of halogens is 2. The average molecular weight is 497 g/mol. The van der Waals surface area contributed by atoms with Crippen LogP contribution in [0.25, 0.3) is 0 Å². The molecule has 1 heterocycles. The van der Waals surface area contributed by atoms with Crippen molar-refractivity contribution in [2.75, 3.05) is 11.4 Å². The molecule has 4 aromatic carbocycles. The number of anilines is 1. The molecule has 4 nitrogen and oxygen atoms in total. The van der Waals surface area contributed by atoms with E-state index in [-0.39, 0.29) is 24.4 Å². The average Bonchev–Trinajstić information content (AvgIpc) is 2.91. The van der Waals surface area contributed by atoms with Crippen LogP contribution < -0.4 is 4.90 Å². The van der Waals surface area contributed by atoms with E-state index < -0.39 is 17.5 Å². The SMILES string of the molecule is O=C(Cc1ccc(N(Cc2cccc(F)c2)C(=O)c2cccc(F)c2)cc1)N1CCc2ccccc2C1. The summed E-state index contributed by atoms with van der Waals surface area (Å²) < 4.78 is 27.6. The van der Waals surface area contributed by atoms with Crippen molar-refractivity contribution in [3.8, 4) is 0 Å². The first-order chi connectivity index (χ1) is 18.0. The van der Waals surface area contributed by atoms with Gasteiger partial charge in [0.1, 0.15) is 11.6 Å². The van der Waals surface area contributed by atoms with E-state index in [0.717, 1.165) is 12.0 Å². The molecular weight excluding hydrogens is 470 g/mol. The van der Waals surface area contributed by atoms with Crippen molar-refractivity contribution in [2.24, 2.45) is 0 Å². The number of carbonyl (C=O) groups excluding carboxylic acids is 2. The highest BCUT2D eigenvalue weighted by atomic mass is 19.1. The number of carbonyl (C=O) groups is 2. The van der Waals surface area contributed by atoms with Crippen LogP contribution >= 0.6 is 0 Å². The van der Waals surface area contributed by atoms with E-state index in [9.17, 15) is 18.4 Å². The van der Waals surface area contributed by atoms with Crippen molar-refractivity contribution >= 4 is 17.5 Å². The van der Waals surface area contributed by atoms with Crippen LogP contribution in [0, 0.1) is 11.6 Å². The molecule has 0 fully saturated rings. The van der Waals surface area contributed by atoms with Gasteiger partial charge in [-0.05, 0) is 71.1 Å². The van der Waals surface area contributed by atoms with Gasteiger partial charge in [-0.3, -0.25) is 9.59 Å². The topological polar surface area (TPSA) is 40.6 Å². The predicted molar refractivity (Wildman–Crippen MR) is 139 cm³/mol. The number of hydrogen-bond acceptors (Lipinski definition) is 2. The Bertz CT molecular complexity index is 1440. The highest BCUT2D eigenvalue weighted by molar-refractivity contribution is 6.06. The van der Waals surface area contributed by atoms with Crippen LogP contribution in [0.2, 0.25) is 0 Å². The molecule has 4 aromatic rings. The summed E-state index contributed by atoms with van der Waals surface area (Å²) in [5.74, 6) is -1.26. The van der Waals surface area contributed by atoms with E-state index in [1.54, 1.807) is 30.3 Å². The van der Waals surface area contributed by atoms with Gasteiger partial charge < -0.3 is 9.80 Å². The second-order valence-corrected chi connectivity index (χ2v) is 9.21. The highest BCUT2D eigenvalue weighted by Crippen LogP contribution is 2.23. The standard InChI is InChI=1S/C31H26F2N2O2/c32-27-9-3-5-23(17-27)20-35(31(37)25-8-4-10-28(33)19-25)29-13-11-22(12-14-29)18-30(36)34-16-15-24-6-1-2-7-26(24)21-34/h1-14,17,19H,15-16,18,20-21H2. The molecule has 0 unspecified atom stereocenters. The maximum absolute atomic E-state index is 13.8. The molecule has 6 heteroatoms. The van der Waals surface area contributed by atoms with Crippen LogP contribution in [0.15, 0.2) is 97.1 Å². The van der Waals surface area contributed by atoms with Gasteiger partial charge in [-0.15, -0.1) is 0 Å². The quantitative estimate of drug-likeness (QED) is 0.332. The summed E-state index contributed by atoms with van der Waals surface area (Å²) >= 11 is 0. The van der Waals surface area contributed by atoms with Crippen molar-refractivity contribution in [1.82, 2.24) is 4.90 Å². The summed E-state index contributed by atoms with van der Waals surface area (Å²) in [5, 5.41) is 0. The fraction of sp³-hybridized carbons (Fsp3) is 0.161. The Morgan fingerprint density at radius 1 is 0.757 bits per heavy atom. The second-order valence-electron chi connectivity index (χ2n) is 9.21. The number of fused-ring (bicyclic) bond motifs is 1. The fourth-order valence-electron chi connectivity index (χ4n) is 4.66. The van der Waals surface area contributed by atoms with Gasteiger partial charge in [0.05, 0.1) is 13.0 Å². The summed E-state index contributed by atoms with van der Waals surface area (Å²) in [6, 6.07) is 26.9. The molecule has 0 aromatic heterocycles. The number of benzene rings is 4. The molecule has 2 amide bonds. The van der Waals surface area contributed by atoms with Gasteiger partial charge in [0.25, 0.3) is 5.91 Å². The lowest BCUT2D eigenvalue weighted by Crippen LogP contribution is -2.36. The minimum atomic E-state index is -0.509. The van der Waals surface area contributed by atoms with E-state index in [1.165, 1.54) is 46.4 Å². The van der Waals surface area contributed by atoms with Gasteiger partial charge in [0.15, 0.2) is 0 Å². The van der Waals surface area contributed by atoms with Crippen molar-refractivity contribution in [2.45, 2.75) is 25.9 Å². The molecule has 1 aliphatic rings. The van der Waals surface area contributed by atoms with E-state index in [0.29, 0.717) is 24.3 Å². The van der Waals surface area contributed by atoms with E-state index >= 15 is 0 Å². The maximum Gasteiger partial charge on any atom is 0.258 e. The van der Waals surface area contributed by atoms with Gasteiger partial charge >= 0.3 is 0 Å². The summed E-state index contributed by atoms with van der Waals surface area (Å²) in [7, 11) is 0. The maximum atomic E-state index is 13.8. The molecule has 0 bridgehead atoms. The minimum absolute atomic E-state index is 0.0507. The lowest BCUT2D eigenvalue weighted by atomic mass is 9.99. The number of amides is 2. The van der Waals surface area contributed by atoms with Crippen LogP contribution in [-0.4, -0.2) is 23.3 Å².